The summed E-state index contributed by atoms with van der Waals surface area (Å²) in [6.45, 7) is 28.5. The van der Waals surface area contributed by atoms with Crippen LogP contribution in [0.4, 0.5) is 0 Å². The van der Waals surface area contributed by atoms with E-state index in [-0.39, 0.29) is 0 Å². The minimum absolute atomic E-state index is 1.00. The summed E-state index contributed by atoms with van der Waals surface area (Å²) >= 11 is 0. The van der Waals surface area contributed by atoms with Crippen LogP contribution in [0.25, 0.3) is 0 Å². The molecule has 1 heterocycles. The van der Waals surface area contributed by atoms with Crippen LogP contribution in [-0.4, -0.2) is 67.1 Å². The van der Waals surface area contributed by atoms with Gasteiger partial charge in [0, 0.05) is 0 Å². The molecule has 0 saturated heterocycles. The second-order valence-electron chi connectivity index (χ2n) is 4.58. The van der Waals surface area contributed by atoms with Crippen molar-refractivity contribution in [3.8, 4) is 0 Å². The predicted octanol–water partition coefficient (Wildman–Crippen LogP) is -0.579. The normalized spacial score (nSPS) is 14.6. The second-order valence-corrected chi connectivity index (χ2v) is 4.58. The van der Waals surface area contributed by atoms with Gasteiger partial charge in [-0.3, -0.25) is 0 Å². The van der Waals surface area contributed by atoms with Crippen molar-refractivity contribution in [1.82, 2.24) is 0 Å². The van der Waals surface area contributed by atoms with Gasteiger partial charge in [0.2, 0.25) is 0 Å². The van der Waals surface area contributed by atoms with Crippen LogP contribution in [0.3, 0.4) is 0 Å². The van der Waals surface area contributed by atoms with Gasteiger partial charge >= 0.3 is 129 Å². The molecule has 0 fully saturated rings. The molecule has 0 amide bonds. The Morgan fingerprint density at radius 1 is 0.600 bits per heavy atom. The van der Waals surface area contributed by atoms with Crippen LogP contribution < -0.4 is 0 Å². The van der Waals surface area contributed by atoms with Crippen molar-refractivity contribution < 1.29 is 0 Å². The zero-order valence-electron chi connectivity index (χ0n) is 12.2. The Morgan fingerprint density at radius 3 is 1.30 bits per heavy atom. The summed E-state index contributed by atoms with van der Waals surface area (Å²) in [5.41, 5.74) is 2.76. The van der Waals surface area contributed by atoms with Crippen LogP contribution in [0.5, 0.6) is 0 Å². The topological polar surface area (TPSA) is 0 Å². The fourth-order valence-electron chi connectivity index (χ4n) is 1.95. The first-order valence-electron chi connectivity index (χ1n) is 7.17. The van der Waals surface area contributed by atoms with Crippen molar-refractivity contribution in [2.45, 2.75) is 25.7 Å². The molecule has 0 spiro atoms. The van der Waals surface area contributed by atoms with Crippen LogP contribution >= 0.6 is 0 Å². The summed E-state index contributed by atoms with van der Waals surface area (Å²) < 4.78 is 0. The van der Waals surface area contributed by atoms with Gasteiger partial charge in [0.15, 0.2) is 0 Å². The van der Waals surface area contributed by atoms with E-state index in [0.29, 0.717) is 0 Å². The van der Waals surface area contributed by atoms with Gasteiger partial charge in [0.25, 0.3) is 0 Å². The fraction of sp³-hybridized carbons (Fsp3) is 0.400. The molecular weight excluding hydrogens is 228 g/mol. The zero-order chi connectivity index (χ0) is 14.5. The summed E-state index contributed by atoms with van der Waals surface area (Å²) in [6.07, 6.45) is 8.03. The van der Waals surface area contributed by atoms with Crippen molar-refractivity contribution in [2.75, 3.05) is 0 Å². The zero-order valence-corrected chi connectivity index (χ0v) is 12.2. The van der Waals surface area contributed by atoms with Crippen molar-refractivity contribution in [1.29, 1.82) is 0 Å². The molecular formula is C10H14B10. The quantitative estimate of drug-likeness (QED) is 0.432. The third-order valence-corrected chi connectivity index (χ3v) is 3.02. The molecule has 20 heavy (non-hydrogen) atoms. The average molecular weight is 242 g/mol. The molecule has 0 aromatic rings. The predicted molar refractivity (Wildman–Crippen MR) is 103 cm³/mol. The Balaban J connectivity index is 3.06. The molecule has 0 aromatic carbocycles. The molecule has 0 nitrogen and oxygen atoms in total. The van der Waals surface area contributed by atoms with E-state index in [1.54, 1.807) is 0 Å². The number of allylic oxidation sites excluding steroid dienone is 4. The molecule has 0 bridgehead atoms. The van der Waals surface area contributed by atoms with Gasteiger partial charge in [-0.2, -0.15) is 0 Å². The van der Waals surface area contributed by atoms with Crippen molar-refractivity contribution in [3.05, 3.63) is 36.3 Å². The van der Waals surface area contributed by atoms with Crippen LogP contribution in [0.1, 0.15) is 25.7 Å². The first-order chi connectivity index (χ1) is 9.88. The number of rotatable bonds is 6. The van der Waals surface area contributed by atoms with Gasteiger partial charge in [-0.25, -0.2) is 0 Å². The Bertz CT molecular complexity index is 452. The Morgan fingerprint density at radius 2 is 0.950 bits per heavy atom. The Hall–Kier alpha value is -0.131. The molecule has 0 aliphatic carbocycles. The van der Waals surface area contributed by atoms with E-state index in [9.17, 15) is 0 Å². The van der Waals surface area contributed by atoms with Gasteiger partial charge in [-0.1, -0.05) is 0 Å². The third-order valence-electron chi connectivity index (χ3n) is 3.02. The second kappa shape index (κ2) is 12.6. The van der Waals surface area contributed by atoms with Crippen LogP contribution in [0.15, 0.2) is 36.3 Å². The molecule has 1 aliphatic rings. The van der Waals surface area contributed by atoms with Crippen LogP contribution in [-0.2, 0) is 0 Å². The van der Waals surface area contributed by atoms with E-state index in [2.05, 4.69) is 53.5 Å². The molecule has 1 rings (SSSR count). The van der Waals surface area contributed by atoms with Crippen molar-refractivity contribution in [3.63, 3.8) is 0 Å². The van der Waals surface area contributed by atoms with E-state index in [4.69, 9.17) is 0 Å². The van der Waals surface area contributed by atoms with E-state index < -0.39 is 0 Å². The molecule has 1 aliphatic heterocycles. The van der Waals surface area contributed by atoms with E-state index in [1.165, 1.54) is 10.9 Å². The van der Waals surface area contributed by atoms with Gasteiger partial charge < -0.3 is 0 Å². The van der Waals surface area contributed by atoms with Crippen molar-refractivity contribution >= 4 is 67.1 Å². The van der Waals surface area contributed by atoms with E-state index in [0.717, 1.165) is 25.7 Å². The minimum atomic E-state index is 1.00. The standard InChI is InChI=1S/C10H14B10/c1-3-5-7-9-10(8-6-4-2)12-14-16-18-20-19-17-15-13-11-9/h3-4H,1-2,5-8H2/b10-9-. The summed E-state index contributed by atoms with van der Waals surface area (Å²) in [5.74, 6) is 0. The molecule has 0 unspecified atom stereocenters. The van der Waals surface area contributed by atoms with E-state index >= 15 is 0 Å². The molecule has 10 heteroatoms. The monoisotopic (exact) mass is 244 g/mol. The van der Waals surface area contributed by atoms with Gasteiger partial charge in [-0.15, -0.1) is 0 Å². The maximum atomic E-state index is 3.82. The molecule has 0 N–H and O–H groups in total. The summed E-state index contributed by atoms with van der Waals surface area (Å²) in [5, 5.41) is 0. The third kappa shape index (κ3) is 8.22. The fourth-order valence-corrected chi connectivity index (χ4v) is 1.95. The van der Waals surface area contributed by atoms with Gasteiger partial charge in [0.1, 0.15) is 0 Å². The summed E-state index contributed by atoms with van der Waals surface area (Å²) in [6, 6.07) is 0. The molecule has 0 saturated carbocycles. The summed E-state index contributed by atoms with van der Waals surface area (Å²) in [4.78, 5) is 0. The van der Waals surface area contributed by atoms with Crippen molar-refractivity contribution in [2.24, 2.45) is 0 Å². The first kappa shape index (κ1) is 17.9. The molecule has 0 radical (unpaired) electrons. The Kier molecular flexibility index (Phi) is 11.3. The first-order valence-corrected chi connectivity index (χ1v) is 7.17. The van der Waals surface area contributed by atoms with Crippen LogP contribution in [0.2, 0.25) is 0 Å². The summed E-state index contributed by atoms with van der Waals surface area (Å²) in [7, 11) is 0. The number of hydrogen-bond acceptors (Lipinski definition) is 0. The van der Waals surface area contributed by atoms with Crippen LogP contribution in [0, 0.1) is 0 Å². The average Bonchev–Trinajstić information content (AvgIpc) is 2.45. The van der Waals surface area contributed by atoms with E-state index in [1.807, 2.05) is 38.9 Å². The molecule has 0 atom stereocenters. The SMILES string of the molecule is C=CCC/C1=C(\CCC=C)B=BB=BB=BB=BB=B1. The maximum absolute atomic E-state index is 3.82. The van der Waals surface area contributed by atoms with Gasteiger partial charge in [0.05, 0.1) is 0 Å². The molecule has 84 valence electrons. The van der Waals surface area contributed by atoms with Gasteiger partial charge in [-0.05, 0) is 0 Å². The number of hydrogen-bond donors (Lipinski definition) is 0. The molecule has 0 aromatic heterocycles. The Labute approximate surface area is 129 Å².